The Morgan fingerprint density at radius 2 is 2.06 bits per heavy atom. The summed E-state index contributed by atoms with van der Waals surface area (Å²) in [7, 11) is 0. The van der Waals surface area contributed by atoms with Crippen LogP contribution < -0.4 is 11.1 Å². The van der Waals surface area contributed by atoms with E-state index in [0.717, 1.165) is 0 Å². The molecule has 0 aliphatic carbocycles. The summed E-state index contributed by atoms with van der Waals surface area (Å²) in [5.41, 5.74) is 5.07. The molecule has 1 amide bonds. The highest BCUT2D eigenvalue weighted by atomic mass is 16.5. The molecule has 0 bridgehead atoms. The predicted molar refractivity (Wildman–Crippen MR) is 68.6 cm³/mol. The lowest BCUT2D eigenvalue weighted by Crippen LogP contribution is -2.55. The first-order valence-corrected chi connectivity index (χ1v) is 6.35. The highest BCUT2D eigenvalue weighted by Crippen LogP contribution is 2.22. The van der Waals surface area contributed by atoms with Crippen LogP contribution in [-0.2, 0) is 9.53 Å². The molecule has 1 heterocycles. The second kappa shape index (κ2) is 5.68. The Balaban J connectivity index is 2.60. The first-order valence-electron chi connectivity index (χ1n) is 6.35. The third kappa shape index (κ3) is 4.28. The Labute approximate surface area is 109 Å². The molecule has 1 aliphatic heterocycles. The maximum absolute atomic E-state index is 12.0. The number of rotatable bonds is 3. The van der Waals surface area contributed by atoms with Crippen LogP contribution in [0.1, 0.15) is 40.0 Å². The fourth-order valence-electron chi connectivity index (χ4n) is 2.07. The van der Waals surface area contributed by atoms with E-state index >= 15 is 0 Å². The minimum atomic E-state index is -0.801. The normalized spacial score (nSPS) is 20.8. The van der Waals surface area contributed by atoms with Gasteiger partial charge in [-0.05, 0) is 11.8 Å². The Bertz CT molecular complexity index is 335. The van der Waals surface area contributed by atoms with Crippen LogP contribution >= 0.6 is 0 Å². The van der Waals surface area contributed by atoms with Crippen LogP contribution in [-0.4, -0.2) is 30.7 Å². The number of nitrogens with zero attached hydrogens (tertiary/aromatic N) is 1. The number of hydrogen-bond donors (Lipinski definition) is 2. The van der Waals surface area contributed by atoms with E-state index in [4.69, 9.17) is 10.5 Å². The molecule has 0 spiro atoms. The molecule has 1 atom stereocenters. The van der Waals surface area contributed by atoms with Gasteiger partial charge < -0.3 is 15.8 Å². The summed E-state index contributed by atoms with van der Waals surface area (Å²) in [6.07, 6.45) is 1.64. The van der Waals surface area contributed by atoms with Crippen LogP contribution in [0.25, 0.3) is 0 Å². The summed E-state index contributed by atoms with van der Waals surface area (Å²) in [6.45, 7) is 7.11. The van der Waals surface area contributed by atoms with Gasteiger partial charge in [0.05, 0.1) is 12.1 Å². The molecule has 18 heavy (non-hydrogen) atoms. The van der Waals surface area contributed by atoms with Gasteiger partial charge in [0, 0.05) is 26.1 Å². The summed E-state index contributed by atoms with van der Waals surface area (Å²) in [4.78, 5) is 12.0. The van der Waals surface area contributed by atoms with Gasteiger partial charge in [0.15, 0.2) is 0 Å². The fraction of sp³-hybridized carbons (Fsp3) is 0.846. The van der Waals surface area contributed by atoms with Crippen LogP contribution in [0, 0.1) is 16.7 Å². The van der Waals surface area contributed by atoms with Crippen LogP contribution in [0.3, 0.4) is 0 Å². The lowest BCUT2D eigenvalue weighted by Gasteiger charge is -2.33. The maximum Gasteiger partial charge on any atom is 0.238 e. The molecule has 1 saturated heterocycles. The molecule has 3 N–H and O–H groups in total. The number of carbonyl (C=O) groups excluding carboxylic acids is 1. The van der Waals surface area contributed by atoms with Crippen molar-refractivity contribution in [3.05, 3.63) is 0 Å². The molecule has 1 unspecified atom stereocenters. The van der Waals surface area contributed by atoms with Crippen molar-refractivity contribution >= 4 is 5.91 Å². The number of nitrogens with two attached hydrogens (primary N) is 1. The molecule has 1 fully saturated rings. The van der Waals surface area contributed by atoms with Crippen LogP contribution in [0.2, 0.25) is 0 Å². The Kier molecular flexibility index (Phi) is 4.71. The molecule has 0 saturated carbocycles. The van der Waals surface area contributed by atoms with E-state index in [9.17, 15) is 10.1 Å². The third-order valence-corrected chi connectivity index (χ3v) is 3.09. The van der Waals surface area contributed by atoms with Crippen molar-refractivity contribution in [3.63, 3.8) is 0 Å². The van der Waals surface area contributed by atoms with Crippen molar-refractivity contribution in [3.8, 4) is 6.07 Å². The molecule has 0 aromatic heterocycles. The van der Waals surface area contributed by atoms with E-state index < -0.39 is 11.6 Å². The van der Waals surface area contributed by atoms with Crippen molar-refractivity contribution in [1.82, 2.24) is 5.32 Å². The topological polar surface area (TPSA) is 88.1 Å². The van der Waals surface area contributed by atoms with E-state index in [1.807, 2.05) is 20.8 Å². The van der Waals surface area contributed by atoms with Crippen molar-refractivity contribution < 1.29 is 9.53 Å². The monoisotopic (exact) mass is 253 g/mol. The average molecular weight is 253 g/mol. The molecule has 0 radical (unpaired) electrons. The average Bonchev–Trinajstić information content (AvgIpc) is 2.28. The van der Waals surface area contributed by atoms with Crippen molar-refractivity contribution in [1.29, 1.82) is 5.26 Å². The number of nitrogens with one attached hydrogen (secondary N) is 1. The van der Waals surface area contributed by atoms with E-state index in [0.29, 0.717) is 32.5 Å². The summed E-state index contributed by atoms with van der Waals surface area (Å²) in [6, 6.07) is 1.63. The number of amides is 1. The highest BCUT2D eigenvalue weighted by Gasteiger charge is 2.36. The van der Waals surface area contributed by atoms with Gasteiger partial charge in [-0.3, -0.25) is 4.79 Å². The Hall–Kier alpha value is -1.12. The van der Waals surface area contributed by atoms with Gasteiger partial charge in [0.1, 0.15) is 5.54 Å². The fourth-order valence-corrected chi connectivity index (χ4v) is 2.07. The Morgan fingerprint density at radius 3 is 2.50 bits per heavy atom. The van der Waals surface area contributed by atoms with Crippen molar-refractivity contribution in [2.45, 2.75) is 51.6 Å². The lowest BCUT2D eigenvalue weighted by atomic mass is 9.87. The standard InChI is InChI=1S/C13H23N3O2/c1-12(2,3)8-10(15)11(17)16-13(9-14)4-6-18-7-5-13/h10H,4-8,15H2,1-3H3,(H,16,17). The van der Waals surface area contributed by atoms with Gasteiger partial charge in [0.25, 0.3) is 0 Å². The van der Waals surface area contributed by atoms with E-state index in [1.54, 1.807) is 0 Å². The largest absolute Gasteiger partial charge is 0.381 e. The van der Waals surface area contributed by atoms with Gasteiger partial charge in [-0.15, -0.1) is 0 Å². The molecule has 5 nitrogen and oxygen atoms in total. The molecular formula is C13H23N3O2. The van der Waals surface area contributed by atoms with Gasteiger partial charge >= 0.3 is 0 Å². The third-order valence-electron chi connectivity index (χ3n) is 3.09. The smallest absolute Gasteiger partial charge is 0.238 e. The highest BCUT2D eigenvalue weighted by molar-refractivity contribution is 5.82. The zero-order valence-corrected chi connectivity index (χ0v) is 11.5. The number of carbonyl (C=O) groups is 1. The molecule has 5 heteroatoms. The Morgan fingerprint density at radius 1 is 1.50 bits per heavy atom. The summed E-state index contributed by atoms with van der Waals surface area (Å²) < 4.78 is 5.22. The first kappa shape index (κ1) is 14.9. The number of hydrogen-bond acceptors (Lipinski definition) is 4. The summed E-state index contributed by atoms with van der Waals surface area (Å²) >= 11 is 0. The van der Waals surface area contributed by atoms with Gasteiger partial charge in [-0.1, -0.05) is 20.8 Å². The first-order chi connectivity index (χ1) is 8.28. The number of nitriles is 1. The van der Waals surface area contributed by atoms with Gasteiger partial charge in [0.2, 0.25) is 5.91 Å². The second-order valence-corrected chi connectivity index (χ2v) is 6.17. The lowest BCUT2D eigenvalue weighted by molar-refractivity contribution is -0.125. The molecule has 0 aromatic carbocycles. The van der Waals surface area contributed by atoms with E-state index in [1.165, 1.54) is 0 Å². The zero-order chi connectivity index (χ0) is 13.8. The molecule has 0 aromatic rings. The second-order valence-electron chi connectivity index (χ2n) is 6.17. The van der Waals surface area contributed by atoms with E-state index in [-0.39, 0.29) is 11.3 Å². The molecule has 1 rings (SSSR count). The van der Waals surface area contributed by atoms with Crippen LogP contribution in [0.5, 0.6) is 0 Å². The predicted octanol–water partition coefficient (Wildman–Crippen LogP) is 0.939. The zero-order valence-electron chi connectivity index (χ0n) is 11.5. The minimum absolute atomic E-state index is 0.00770. The number of ether oxygens (including phenoxy) is 1. The maximum atomic E-state index is 12.0. The van der Waals surface area contributed by atoms with Crippen molar-refractivity contribution in [2.24, 2.45) is 11.1 Å². The van der Waals surface area contributed by atoms with Crippen LogP contribution in [0.4, 0.5) is 0 Å². The van der Waals surface area contributed by atoms with E-state index in [2.05, 4.69) is 11.4 Å². The molecule has 102 valence electrons. The van der Waals surface area contributed by atoms with Crippen LogP contribution in [0.15, 0.2) is 0 Å². The van der Waals surface area contributed by atoms with Crippen molar-refractivity contribution in [2.75, 3.05) is 13.2 Å². The summed E-state index contributed by atoms with van der Waals surface area (Å²) in [5, 5.41) is 12.0. The van der Waals surface area contributed by atoms with Gasteiger partial charge in [-0.25, -0.2) is 0 Å². The quantitative estimate of drug-likeness (QED) is 0.783. The SMILES string of the molecule is CC(C)(C)CC(N)C(=O)NC1(C#N)CCOCC1. The van der Waals surface area contributed by atoms with Gasteiger partial charge in [-0.2, -0.15) is 5.26 Å². The molecule has 1 aliphatic rings. The molecular weight excluding hydrogens is 230 g/mol. The summed E-state index contributed by atoms with van der Waals surface area (Å²) in [5.74, 6) is -0.242. The minimum Gasteiger partial charge on any atom is -0.381 e.